The molecule has 114 valence electrons. The fourth-order valence-electron chi connectivity index (χ4n) is 3.64. The number of carbonyl (C=O) groups excluding carboxylic acids is 1. The second-order valence-corrected chi connectivity index (χ2v) is 6.28. The molecule has 1 aromatic rings. The Morgan fingerprint density at radius 1 is 1.29 bits per heavy atom. The molecule has 1 aromatic carbocycles. The summed E-state index contributed by atoms with van der Waals surface area (Å²) in [4.78, 5) is 14.5. The van der Waals surface area contributed by atoms with Crippen molar-refractivity contribution in [2.24, 2.45) is 5.92 Å². The van der Waals surface area contributed by atoms with Crippen molar-refractivity contribution in [3.05, 3.63) is 29.3 Å². The second kappa shape index (κ2) is 6.06. The van der Waals surface area contributed by atoms with Gasteiger partial charge in [-0.2, -0.15) is 0 Å². The average molecular weight is 288 g/mol. The molecular weight excluding hydrogens is 264 g/mol. The normalized spacial score (nSPS) is 23.5. The number of nitrogens with zero attached hydrogens (tertiary/aromatic N) is 1. The lowest BCUT2D eigenvalue weighted by Crippen LogP contribution is -2.43. The Labute approximate surface area is 126 Å². The number of hydrogen-bond donors (Lipinski definition) is 2. The topological polar surface area (TPSA) is 52.6 Å². The van der Waals surface area contributed by atoms with Crippen molar-refractivity contribution < 1.29 is 9.90 Å². The molecule has 1 atom stereocenters. The lowest BCUT2D eigenvalue weighted by molar-refractivity contribution is 0.0673. The van der Waals surface area contributed by atoms with Gasteiger partial charge in [0, 0.05) is 30.3 Å². The van der Waals surface area contributed by atoms with Gasteiger partial charge in [-0.15, -0.1) is 0 Å². The summed E-state index contributed by atoms with van der Waals surface area (Å²) >= 11 is 0. The molecule has 2 fully saturated rings. The first kappa shape index (κ1) is 14.4. The van der Waals surface area contributed by atoms with Gasteiger partial charge in [0.15, 0.2) is 0 Å². The van der Waals surface area contributed by atoms with Crippen LogP contribution in [-0.2, 0) is 0 Å². The van der Waals surface area contributed by atoms with Crippen LogP contribution in [0.2, 0.25) is 0 Å². The number of piperidine rings is 1. The van der Waals surface area contributed by atoms with Crippen LogP contribution in [0.3, 0.4) is 0 Å². The number of aromatic hydroxyl groups is 1. The molecule has 4 heteroatoms. The Hall–Kier alpha value is -1.55. The largest absolute Gasteiger partial charge is 0.508 e. The van der Waals surface area contributed by atoms with Gasteiger partial charge in [0.05, 0.1) is 0 Å². The molecule has 1 unspecified atom stereocenters. The molecule has 21 heavy (non-hydrogen) atoms. The average Bonchev–Trinajstić information content (AvgIpc) is 3.04. The summed E-state index contributed by atoms with van der Waals surface area (Å²) in [6.45, 7) is 4.61. The van der Waals surface area contributed by atoms with E-state index in [1.54, 1.807) is 19.1 Å². The number of rotatable bonds is 2. The maximum absolute atomic E-state index is 12.6. The van der Waals surface area contributed by atoms with E-state index in [2.05, 4.69) is 5.32 Å². The highest BCUT2D eigenvalue weighted by Crippen LogP contribution is 2.27. The molecule has 0 bridgehead atoms. The number of amides is 1. The van der Waals surface area contributed by atoms with Gasteiger partial charge in [-0.05, 0) is 57.2 Å². The third-order valence-electron chi connectivity index (χ3n) is 5.03. The number of likely N-dealkylation sites (tertiary alicyclic amines) is 1. The zero-order valence-corrected chi connectivity index (χ0v) is 12.6. The van der Waals surface area contributed by atoms with E-state index in [0.717, 1.165) is 32.5 Å². The Balaban J connectivity index is 1.63. The maximum Gasteiger partial charge on any atom is 0.254 e. The van der Waals surface area contributed by atoms with Gasteiger partial charge in [-0.3, -0.25) is 4.79 Å². The molecule has 2 N–H and O–H groups in total. The molecule has 2 aliphatic rings. The van der Waals surface area contributed by atoms with Gasteiger partial charge in [0.25, 0.3) is 5.91 Å². The summed E-state index contributed by atoms with van der Waals surface area (Å²) in [5.74, 6) is 0.967. The molecule has 3 rings (SSSR count). The van der Waals surface area contributed by atoms with Crippen molar-refractivity contribution in [2.45, 2.75) is 38.6 Å². The molecule has 4 nitrogen and oxygen atoms in total. The third-order valence-corrected chi connectivity index (χ3v) is 5.03. The van der Waals surface area contributed by atoms with Crippen LogP contribution in [-0.4, -0.2) is 41.6 Å². The van der Waals surface area contributed by atoms with Crippen molar-refractivity contribution in [1.29, 1.82) is 0 Å². The van der Waals surface area contributed by atoms with Gasteiger partial charge >= 0.3 is 0 Å². The zero-order valence-electron chi connectivity index (χ0n) is 12.6. The molecule has 0 aromatic heterocycles. The predicted molar refractivity (Wildman–Crippen MR) is 82.5 cm³/mol. The molecule has 2 aliphatic heterocycles. The van der Waals surface area contributed by atoms with E-state index in [1.807, 2.05) is 11.0 Å². The maximum atomic E-state index is 12.6. The van der Waals surface area contributed by atoms with Crippen LogP contribution in [0.15, 0.2) is 18.2 Å². The highest BCUT2D eigenvalue weighted by Gasteiger charge is 2.30. The van der Waals surface area contributed by atoms with Crippen LogP contribution in [0.5, 0.6) is 5.75 Å². The van der Waals surface area contributed by atoms with Crippen LogP contribution >= 0.6 is 0 Å². The molecule has 2 heterocycles. The van der Waals surface area contributed by atoms with Gasteiger partial charge in [-0.1, -0.05) is 6.07 Å². The van der Waals surface area contributed by atoms with Crippen molar-refractivity contribution in [2.75, 3.05) is 19.6 Å². The van der Waals surface area contributed by atoms with Gasteiger partial charge in [0.2, 0.25) is 0 Å². The minimum absolute atomic E-state index is 0.0567. The van der Waals surface area contributed by atoms with Crippen molar-refractivity contribution >= 4 is 5.91 Å². The molecule has 0 aliphatic carbocycles. The summed E-state index contributed by atoms with van der Waals surface area (Å²) in [6.07, 6.45) is 4.74. The number of benzene rings is 1. The SMILES string of the molecule is Cc1c(O)cccc1C(=O)N1CCC(C2CCCN2)CC1. The summed E-state index contributed by atoms with van der Waals surface area (Å²) in [7, 11) is 0. The van der Waals surface area contributed by atoms with E-state index >= 15 is 0 Å². The number of phenolic OH excluding ortho intramolecular Hbond substituents is 1. The summed E-state index contributed by atoms with van der Waals surface area (Å²) < 4.78 is 0. The summed E-state index contributed by atoms with van der Waals surface area (Å²) in [6, 6.07) is 5.83. The third kappa shape index (κ3) is 2.91. The summed E-state index contributed by atoms with van der Waals surface area (Å²) in [5, 5.41) is 13.3. The van der Waals surface area contributed by atoms with Gasteiger partial charge in [-0.25, -0.2) is 0 Å². The predicted octanol–water partition coefficient (Wildman–Crippen LogP) is 2.30. The van der Waals surface area contributed by atoms with Crippen molar-refractivity contribution in [3.63, 3.8) is 0 Å². The van der Waals surface area contributed by atoms with Crippen LogP contribution in [0, 0.1) is 12.8 Å². The lowest BCUT2D eigenvalue weighted by Gasteiger charge is -2.35. The Morgan fingerprint density at radius 3 is 2.71 bits per heavy atom. The van der Waals surface area contributed by atoms with E-state index in [1.165, 1.54) is 12.8 Å². The van der Waals surface area contributed by atoms with E-state index < -0.39 is 0 Å². The van der Waals surface area contributed by atoms with Crippen LogP contribution in [0.1, 0.15) is 41.6 Å². The van der Waals surface area contributed by atoms with E-state index in [9.17, 15) is 9.90 Å². The van der Waals surface area contributed by atoms with Crippen LogP contribution in [0.25, 0.3) is 0 Å². The lowest BCUT2D eigenvalue weighted by atomic mass is 9.88. The molecular formula is C17H24N2O2. The quantitative estimate of drug-likeness (QED) is 0.878. The minimum Gasteiger partial charge on any atom is -0.508 e. The zero-order chi connectivity index (χ0) is 14.8. The Morgan fingerprint density at radius 2 is 2.05 bits per heavy atom. The fourth-order valence-corrected chi connectivity index (χ4v) is 3.64. The fraction of sp³-hybridized carbons (Fsp3) is 0.588. The second-order valence-electron chi connectivity index (χ2n) is 6.28. The minimum atomic E-state index is 0.0567. The molecule has 0 saturated carbocycles. The van der Waals surface area contributed by atoms with Crippen LogP contribution in [0.4, 0.5) is 0 Å². The van der Waals surface area contributed by atoms with Gasteiger partial charge < -0.3 is 15.3 Å². The Kier molecular flexibility index (Phi) is 4.15. The number of nitrogens with one attached hydrogen (secondary N) is 1. The highest BCUT2D eigenvalue weighted by molar-refractivity contribution is 5.96. The van der Waals surface area contributed by atoms with E-state index in [-0.39, 0.29) is 11.7 Å². The van der Waals surface area contributed by atoms with E-state index in [4.69, 9.17) is 0 Å². The standard InChI is InChI=1S/C17H24N2O2/c1-12-14(4-2-6-16(12)20)17(21)19-10-7-13(8-11-19)15-5-3-9-18-15/h2,4,6,13,15,18,20H,3,5,7-11H2,1H3. The smallest absolute Gasteiger partial charge is 0.254 e. The molecule has 1 amide bonds. The number of carbonyl (C=O) groups is 1. The Bertz CT molecular complexity index is 516. The monoisotopic (exact) mass is 288 g/mol. The molecule has 0 spiro atoms. The molecule has 0 radical (unpaired) electrons. The first-order valence-corrected chi connectivity index (χ1v) is 7.98. The van der Waals surface area contributed by atoms with E-state index in [0.29, 0.717) is 23.1 Å². The first-order valence-electron chi connectivity index (χ1n) is 7.98. The van der Waals surface area contributed by atoms with Crippen LogP contribution < -0.4 is 5.32 Å². The number of phenols is 1. The highest BCUT2D eigenvalue weighted by atomic mass is 16.3. The number of hydrogen-bond acceptors (Lipinski definition) is 3. The van der Waals surface area contributed by atoms with Crippen molar-refractivity contribution in [3.8, 4) is 5.75 Å². The first-order chi connectivity index (χ1) is 10.2. The molecule has 2 saturated heterocycles. The van der Waals surface area contributed by atoms with Gasteiger partial charge in [0.1, 0.15) is 5.75 Å². The van der Waals surface area contributed by atoms with Crippen molar-refractivity contribution in [1.82, 2.24) is 10.2 Å². The summed E-state index contributed by atoms with van der Waals surface area (Å²) in [5.41, 5.74) is 1.31.